The third-order valence-electron chi connectivity index (χ3n) is 5.20. The number of nitrogens with zero attached hydrogens (tertiary/aromatic N) is 3. The molecule has 4 rings (SSSR count). The second-order valence-electron chi connectivity index (χ2n) is 7.36. The van der Waals surface area contributed by atoms with Gasteiger partial charge >= 0.3 is 6.03 Å². The molecule has 3 heterocycles. The maximum atomic E-state index is 10.9. The van der Waals surface area contributed by atoms with E-state index in [-0.39, 0.29) is 6.03 Å². The van der Waals surface area contributed by atoms with Crippen LogP contribution in [0.4, 0.5) is 4.79 Å². The van der Waals surface area contributed by atoms with Gasteiger partial charge in [0.25, 0.3) is 0 Å². The quantitative estimate of drug-likeness (QED) is 0.708. The lowest BCUT2D eigenvalue weighted by Gasteiger charge is -2.11. The fourth-order valence-corrected chi connectivity index (χ4v) is 3.86. The summed E-state index contributed by atoms with van der Waals surface area (Å²) in [6, 6.07) is 8.24. The Hall–Kier alpha value is -2.77. The molecule has 1 fully saturated rings. The van der Waals surface area contributed by atoms with E-state index < -0.39 is 0 Å². The van der Waals surface area contributed by atoms with E-state index >= 15 is 0 Å². The maximum absolute atomic E-state index is 10.9. The number of imidazole rings is 1. The molecule has 1 saturated heterocycles. The second-order valence-corrected chi connectivity index (χ2v) is 7.36. The van der Waals surface area contributed by atoms with Gasteiger partial charge in [0.2, 0.25) is 0 Å². The molecule has 0 aliphatic carbocycles. The first kappa shape index (κ1) is 18.6. The first-order valence-electron chi connectivity index (χ1n) is 9.66. The van der Waals surface area contributed by atoms with Gasteiger partial charge in [0, 0.05) is 30.8 Å². The van der Waals surface area contributed by atoms with Crippen LogP contribution in [0.25, 0.3) is 16.9 Å². The molecule has 3 aromatic rings. The minimum absolute atomic E-state index is 0.245. The summed E-state index contributed by atoms with van der Waals surface area (Å²) in [7, 11) is 0. The normalized spacial score (nSPS) is 16.6. The SMILES string of the molecule is Cc1cn2c(-c3ccc(CCNC([NH3+])=O)cc3)c(C3CCOC3)nc2c(C)n1. The summed E-state index contributed by atoms with van der Waals surface area (Å²) in [6.45, 7) is 6.10. The lowest BCUT2D eigenvalue weighted by molar-refractivity contribution is -0.250. The largest absolute Gasteiger partial charge is 0.411 e. The Bertz CT molecular complexity index is 1000. The third kappa shape index (κ3) is 3.63. The molecule has 146 valence electrons. The van der Waals surface area contributed by atoms with E-state index in [1.807, 2.05) is 13.8 Å². The molecule has 28 heavy (non-hydrogen) atoms. The van der Waals surface area contributed by atoms with E-state index in [1.165, 1.54) is 5.56 Å². The van der Waals surface area contributed by atoms with Crippen LogP contribution in [0, 0.1) is 13.8 Å². The summed E-state index contributed by atoms with van der Waals surface area (Å²) in [5.41, 5.74) is 10.7. The fraction of sp³-hybridized carbons (Fsp3) is 0.381. The molecule has 0 spiro atoms. The highest BCUT2D eigenvalue weighted by atomic mass is 16.5. The summed E-state index contributed by atoms with van der Waals surface area (Å²) in [6.07, 6.45) is 3.83. The van der Waals surface area contributed by atoms with Gasteiger partial charge in [-0.2, -0.15) is 0 Å². The van der Waals surface area contributed by atoms with Crippen LogP contribution in [-0.4, -0.2) is 40.2 Å². The first-order chi connectivity index (χ1) is 13.5. The fourth-order valence-electron chi connectivity index (χ4n) is 3.86. The molecule has 0 saturated carbocycles. The predicted octanol–water partition coefficient (Wildman–Crippen LogP) is 2.01. The minimum atomic E-state index is -0.245. The number of amides is 2. The van der Waals surface area contributed by atoms with Gasteiger partial charge in [0.15, 0.2) is 5.65 Å². The number of benzene rings is 1. The maximum Gasteiger partial charge on any atom is 0.411 e. The van der Waals surface area contributed by atoms with Crippen LogP contribution in [0.5, 0.6) is 0 Å². The van der Waals surface area contributed by atoms with Gasteiger partial charge in [-0.3, -0.25) is 15.1 Å². The number of hydrogen-bond donors (Lipinski definition) is 2. The predicted molar refractivity (Wildman–Crippen MR) is 106 cm³/mol. The zero-order chi connectivity index (χ0) is 19.7. The summed E-state index contributed by atoms with van der Waals surface area (Å²) in [5, 5.41) is 2.73. The van der Waals surface area contributed by atoms with Gasteiger partial charge in [0.1, 0.15) is 0 Å². The Morgan fingerprint density at radius 3 is 2.75 bits per heavy atom. The van der Waals surface area contributed by atoms with Crippen LogP contribution in [0.2, 0.25) is 0 Å². The van der Waals surface area contributed by atoms with E-state index in [2.05, 4.69) is 50.9 Å². The summed E-state index contributed by atoms with van der Waals surface area (Å²) in [4.78, 5) is 20.5. The number of hydrogen-bond acceptors (Lipinski definition) is 4. The minimum Gasteiger partial charge on any atom is -0.381 e. The van der Waals surface area contributed by atoms with Crippen LogP contribution in [0.3, 0.4) is 0 Å². The van der Waals surface area contributed by atoms with Crippen molar-refractivity contribution < 1.29 is 15.3 Å². The molecule has 7 heteroatoms. The molecule has 2 aromatic heterocycles. The molecular weight excluding hydrogens is 354 g/mol. The highest BCUT2D eigenvalue weighted by Gasteiger charge is 2.26. The standard InChI is InChI=1S/C21H25N5O2/c1-13-11-26-19(16-5-3-15(4-6-16)7-9-23-21(22)27)18(17-8-10-28-12-17)25-20(26)14(2)24-13/h3-6,11,17H,7-10,12H2,1-2H3,(H3,22,23,27)/p+1. The zero-order valence-electron chi connectivity index (χ0n) is 16.4. The average Bonchev–Trinajstić information content (AvgIpc) is 3.29. The van der Waals surface area contributed by atoms with E-state index in [9.17, 15) is 4.79 Å². The Morgan fingerprint density at radius 2 is 2.07 bits per heavy atom. The van der Waals surface area contributed by atoms with Gasteiger partial charge < -0.3 is 10.1 Å². The Morgan fingerprint density at radius 1 is 1.29 bits per heavy atom. The van der Waals surface area contributed by atoms with Crippen molar-refractivity contribution in [1.82, 2.24) is 19.7 Å². The molecular formula is C21H26N5O2+. The number of rotatable bonds is 5. The molecule has 1 aliphatic rings. The Labute approximate surface area is 163 Å². The number of fused-ring (bicyclic) bond motifs is 1. The van der Waals surface area contributed by atoms with Gasteiger partial charge in [-0.15, -0.1) is 0 Å². The van der Waals surface area contributed by atoms with Crippen LogP contribution >= 0.6 is 0 Å². The van der Waals surface area contributed by atoms with Gasteiger partial charge in [-0.05, 0) is 32.3 Å². The molecule has 1 atom stereocenters. The van der Waals surface area contributed by atoms with E-state index in [4.69, 9.17) is 9.72 Å². The van der Waals surface area contributed by atoms with Gasteiger partial charge in [0.05, 0.1) is 29.4 Å². The van der Waals surface area contributed by atoms with E-state index in [1.54, 1.807) is 0 Å². The lowest BCUT2D eigenvalue weighted by atomic mass is 9.98. The number of aromatic nitrogens is 3. The highest BCUT2D eigenvalue weighted by Crippen LogP contribution is 2.35. The van der Waals surface area contributed by atoms with Crippen molar-refractivity contribution in [1.29, 1.82) is 0 Å². The van der Waals surface area contributed by atoms with E-state index in [0.29, 0.717) is 19.1 Å². The molecule has 1 unspecified atom stereocenters. The molecule has 2 amide bonds. The number of urea groups is 1. The summed E-state index contributed by atoms with van der Waals surface area (Å²) < 4.78 is 7.80. The van der Waals surface area contributed by atoms with Crippen molar-refractivity contribution >= 4 is 11.7 Å². The topological polar surface area (TPSA) is 96.2 Å². The summed E-state index contributed by atoms with van der Waals surface area (Å²) in [5.74, 6) is 0.307. The Balaban J connectivity index is 1.74. The second kappa shape index (κ2) is 7.69. The molecule has 0 radical (unpaired) electrons. The first-order valence-corrected chi connectivity index (χ1v) is 9.66. The number of carbonyl (C=O) groups excluding carboxylic acids is 1. The third-order valence-corrected chi connectivity index (χ3v) is 5.20. The van der Waals surface area contributed by atoms with Crippen LogP contribution in [0.15, 0.2) is 30.5 Å². The number of aryl methyl sites for hydroxylation is 2. The van der Waals surface area contributed by atoms with Crippen molar-refractivity contribution in [2.24, 2.45) is 0 Å². The highest BCUT2D eigenvalue weighted by molar-refractivity contribution is 5.69. The van der Waals surface area contributed by atoms with Crippen LogP contribution < -0.4 is 11.1 Å². The Kier molecular flexibility index (Phi) is 5.11. The number of carbonyl (C=O) groups is 1. The number of nitrogens with one attached hydrogen (secondary N) is 1. The van der Waals surface area contributed by atoms with Crippen molar-refractivity contribution in [3.63, 3.8) is 0 Å². The molecule has 7 nitrogen and oxygen atoms in total. The van der Waals surface area contributed by atoms with Crippen LogP contribution in [-0.2, 0) is 11.2 Å². The zero-order valence-corrected chi connectivity index (χ0v) is 16.4. The monoisotopic (exact) mass is 380 g/mol. The molecule has 4 N–H and O–H groups in total. The van der Waals surface area contributed by atoms with Gasteiger partial charge in [-0.1, -0.05) is 24.3 Å². The van der Waals surface area contributed by atoms with Crippen LogP contribution in [0.1, 0.15) is 35.0 Å². The molecule has 0 bridgehead atoms. The summed E-state index contributed by atoms with van der Waals surface area (Å²) >= 11 is 0. The van der Waals surface area contributed by atoms with Crippen molar-refractivity contribution in [2.45, 2.75) is 32.6 Å². The average molecular weight is 380 g/mol. The molecule has 1 aliphatic heterocycles. The van der Waals surface area contributed by atoms with Gasteiger partial charge in [-0.25, -0.2) is 9.78 Å². The number of ether oxygens (including phenoxy) is 1. The molecule has 1 aromatic carbocycles. The number of quaternary nitrogens is 1. The van der Waals surface area contributed by atoms with E-state index in [0.717, 1.165) is 53.4 Å². The lowest BCUT2D eigenvalue weighted by Crippen LogP contribution is -2.63. The smallest absolute Gasteiger partial charge is 0.381 e. The van der Waals surface area contributed by atoms with Crippen molar-refractivity contribution in [2.75, 3.05) is 19.8 Å². The van der Waals surface area contributed by atoms with Crippen molar-refractivity contribution in [3.8, 4) is 11.3 Å². The van der Waals surface area contributed by atoms with Crippen molar-refractivity contribution in [3.05, 3.63) is 53.1 Å².